The van der Waals surface area contributed by atoms with Crippen molar-refractivity contribution in [2.75, 3.05) is 0 Å². The number of carbonyl (C=O) groups is 1. The minimum Gasteiger partial charge on any atom is -0.508 e. The van der Waals surface area contributed by atoms with E-state index in [4.69, 9.17) is 10.2 Å². The second kappa shape index (κ2) is 3.09. The molecule has 0 fully saturated rings. The summed E-state index contributed by atoms with van der Waals surface area (Å²) in [5.74, 6) is -0.986. The Morgan fingerprint density at radius 2 is 2.17 bits per heavy atom. The van der Waals surface area contributed by atoms with Gasteiger partial charge in [0.25, 0.3) is 0 Å². The summed E-state index contributed by atoms with van der Waals surface area (Å²) in [6.45, 7) is 3.44. The van der Waals surface area contributed by atoms with Crippen LogP contribution in [-0.4, -0.2) is 16.2 Å². The van der Waals surface area contributed by atoms with E-state index in [0.29, 0.717) is 5.56 Å². The first-order chi connectivity index (χ1) is 5.65. The van der Waals surface area contributed by atoms with E-state index in [1.807, 2.05) is 0 Å². The molecule has 0 saturated heterocycles. The van der Waals surface area contributed by atoms with Gasteiger partial charge in [-0.25, -0.2) is 4.79 Å². The number of carboxylic acid groups (broad SMARTS) is 1. The second-order valence-corrected chi connectivity index (χ2v) is 2.28. The van der Waals surface area contributed by atoms with Crippen LogP contribution in [0.25, 0.3) is 6.08 Å². The summed E-state index contributed by atoms with van der Waals surface area (Å²) >= 11 is 0. The fourth-order valence-electron chi connectivity index (χ4n) is 0.914. The summed E-state index contributed by atoms with van der Waals surface area (Å²) in [6, 6.07) is 4.03. The molecular formula is C9H8O3. The number of benzene rings is 1. The molecule has 0 unspecified atom stereocenters. The van der Waals surface area contributed by atoms with Crippen molar-refractivity contribution in [3.8, 4) is 5.75 Å². The molecule has 3 nitrogen and oxygen atoms in total. The average Bonchev–Trinajstić information content (AvgIpc) is 2.03. The van der Waals surface area contributed by atoms with Crippen LogP contribution in [0.3, 0.4) is 0 Å². The van der Waals surface area contributed by atoms with Gasteiger partial charge >= 0.3 is 5.97 Å². The average molecular weight is 164 g/mol. The smallest absolute Gasteiger partial charge is 0.336 e. The topological polar surface area (TPSA) is 57.5 Å². The van der Waals surface area contributed by atoms with Crippen LogP contribution in [0.5, 0.6) is 5.75 Å². The summed E-state index contributed by atoms with van der Waals surface area (Å²) in [7, 11) is 0. The number of phenols is 1. The highest BCUT2D eigenvalue weighted by atomic mass is 16.4. The Labute approximate surface area is 69.6 Å². The molecule has 0 aliphatic carbocycles. The SMILES string of the molecule is C=Cc1cc(O)ccc1C(=O)O. The number of aromatic hydroxyl groups is 1. The predicted molar refractivity (Wildman–Crippen MR) is 45.2 cm³/mol. The highest BCUT2D eigenvalue weighted by Crippen LogP contribution is 2.17. The maximum absolute atomic E-state index is 10.6. The molecule has 0 atom stereocenters. The lowest BCUT2D eigenvalue weighted by atomic mass is 10.1. The van der Waals surface area contributed by atoms with Gasteiger partial charge in [0.2, 0.25) is 0 Å². The third-order valence-electron chi connectivity index (χ3n) is 1.49. The number of aromatic carboxylic acids is 1. The molecule has 0 amide bonds. The normalized spacial score (nSPS) is 9.33. The van der Waals surface area contributed by atoms with Gasteiger partial charge in [-0.2, -0.15) is 0 Å². The zero-order valence-corrected chi connectivity index (χ0v) is 6.32. The van der Waals surface area contributed by atoms with Crippen LogP contribution in [0.4, 0.5) is 0 Å². The summed E-state index contributed by atoms with van der Waals surface area (Å²) in [5, 5.41) is 17.7. The van der Waals surface area contributed by atoms with Gasteiger partial charge in [0, 0.05) is 0 Å². The molecule has 1 aromatic carbocycles. The Bertz CT molecular complexity index is 329. The molecule has 0 aromatic heterocycles. The van der Waals surface area contributed by atoms with Crippen molar-refractivity contribution < 1.29 is 15.0 Å². The van der Waals surface area contributed by atoms with E-state index in [-0.39, 0.29) is 11.3 Å². The largest absolute Gasteiger partial charge is 0.508 e. The molecule has 0 radical (unpaired) electrons. The standard InChI is InChI=1S/C9H8O3/c1-2-6-5-7(10)3-4-8(6)9(11)12/h2-5,10H,1H2,(H,11,12). The molecule has 12 heavy (non-hydrogen) atoms. The van der Waals surface area contributed by atoms with E-state index in [0.717, 1.165) is 0 Å². The Morgan fingerprint density at radius 1 is 1.50 bits per heavy atom. The van der Waals surface area contributed by atoms with Crippen LogP contribution < -0.4 is 0 Å². The summed E-state index contributed by atoms with van der Waals surface area (Å²) in [6.07, 6.45) is 1.39. The first kappa shape index (κ1) is 8.33. The van der Waals surface area contributed by atoms with Gasteiger partial charge in [0.15, 0.2) is 0 Å². The molecule has 3 heteroatoms. The maximum atomic E-state index is 10.6. The van der Waals surface area contributed by atoms with E-state index in [1.165, 1.54) is 24.3 Å². The van der Waals surface area contributed by atoms with Gasteiger partial charge in [0.05, 0.1) is 5.56 Å². The molecule has 0 aliphatic rings. The monoisotopic (exact) mass is 164 g/mol. The van der Waals surface area contributed by atoms with Gasteiger partial charge in [0.1, 0.15) is 5.75 Å². The van der Waals surface area contributed by atoms with Gasteiger partial charge in [-0.1, -0.05) is 12.7 Å². The molecule has 0 heterocycles. The first-order valence-corrected chi connectivity index (χ1v) is 3.34. The van der Waals surface area contributed by atoms with E-state index < -0.39 is 5.97 Å². The van der Waals surface area contributed by atoms with Crippen molar-refractivity contribution in [3.63, 3.8) is 0 Å². The second-order valence-electron chi connectivity index (χ2n) is 2.28. The van der Waals surface area contributed by atoms with Crippen LogP contribution in [0.1, 0.15) is 15.9 Å². The van der Waals surface area contributed by atoms with E-state index in [9.17, 15) is 4.79 Å². The zero-order valence-electron chi connectivity index (χ0n) is 6.32. The predicted octanol–water partition coefficient (Wildman–Crippen LogP) is 1.73. The molecular weight excluding hydrogens is 156 g/mol. The van der Waals surface area contributed by atoms with Crippen molar-refractivity contribution in [3.05, 3.63) is 35.9 Å². The summed E-state index contributed by atoms with van der Waals surface area (Å²) in [5.41, 5.74) is 0.560. The highest BCUT2D eigenvalue weighted by Gasteiger charge is 2.07. The van der Waals surface area contributed by atoms with Crippen molar-refractivity contribution in [2.45, 2.75) is 0 Å². The lowest BCUT2D eigenvalue weighted by Gasteiger charge is -2.00. The molecule has 0 spiro atoms. The van der Waals surface area contributed by atoms with Gasteiger partial charge in [-0.3, -0.25) is 0 Å². The third kappa shape index (κ3) is 1.45. The Balaban J connectivity index is 3.29. The van der Waals surface area contributed by atoms with Crippen molar-refractivity contribution in [1.82, 2.24) is 0 Å². The van der Waals surface area contributed by atoms with Crippen LogP contribution in [-0.2, 0) is 0 Å². The van der Waals surface area contributed by atoms with Gasteiger partial charge < -0.3 is 10.2 Å². The van der Waals surface area contributed by atoms with Crippen molar-refractivity contribution in [1.29, 1.82) is 0 Å². The minimum atomic E-state index is -1.02. The lowest BCUT2D eigenvalue weighted by molar-refractivity contribution is 0.0696. The molecule has 0 aliphatic heterocycles. The molecule has 0 saturated carbocycles. The van der Waals surface area contributed by atoms with Gasteiger partial charge in [-0.15, -0.1) is 0 Å². The number of phenolic OH excluding ortho intramolecular Hbond substituents is 1. The first-order valence-electron chi connectivity index (χ1n) is 3.34. The number of hydrogen-bond acceptors (Lipinski definition) is 2. The Kier molecular flexibility index (Phi) is 2.14. The lowest BCUT2D eigenvalue weighted by Crippen LogP contribution is -1.98. The van der Waals surface area contributed by atoms with E-state index >= 15 is 0 Å². The zero-order chi connectivity index (χ0) is 9.14. The van der Waals surface area contributed by atoms with Crippen molar-refractivity contribution in [2.24, 2.45) is 0 Å². The Hall–Kier alpha value is -1.77. The third-order valence-corrected chi connectivity index (χ3v) is 1.49. The number of hydrogen-bond donors (Lipinski definition) is 2. The quantitative estimate of drug-likeness (QED) is 0.699. The van der Waals surface area contributed by atoms with E-state index in [2.05, 4.69) is 6.58 Å². The molecule has 2 N–H and O–H groups in total. The van der Waals surface area contributed by atoms with Crippen LogP contribution in [0.2, 0.25) is 0 Å². The highest BCUT2D eigenvalue weighted by molar-refractivity contribution is 5.92. The summed E-state index contributed by atoms with van der Waals surface area (Å²) < 4.78 is 0. The fraction of sp³-hybridized carbons (Fsp3) is 0. The van der Waals surface area contributed by atoms with Crippen LogP contribution in [0, 0.1) is 0 Å². The fourth-order valence-corrected chi connectivity index (χ4v) is 0.914. The van der Waals surface area contributed by atoms with Gasteiger partial charge in [-0.05, 0) is 23.8 Å². The summed E-state index contributed by atoms with van der Waals surface area (Å²) in [4.78, 5) is 10.6. The van der Waals surface area contributed by atoms with E-state index in [1.54, 1.807) is 0 Å². The maximum Gasteiger partial charge on any atom is 0.336 e. The van der Waals surface area contributed by atoms with Crippen LogP contribution in [0.15, 0.2) is 24.8 Å². The molecule has 0 bridgehead atoms. The minimum absolute atomic E-state index is 0.0369. The molecule has 62 valence electrons. The Morgan fingerprint density at radius 3 is 2.67 bits per heavy atom. The van der Waals surface area contributed by atoms with Crippen molar-refractivity contribution >= 4 is 12.0 Å². The number of carboxylic acids is 1. The van der Waals surface area contributed by atoms with Crippen LogP contribution >= 0.6 is 0 Å². The molecule has 1 rings (SSSR count). The number of rotatable bonds is 2. The molecule has 1 aromatic rings.